The van der Waals surface area contributed by atoms with Crippen LogP contribution in [0.25, 0.3) is 5.76 Å². The SMILES string of the molecule is CC(=O)C1=C(O)c2c(cccc2[N+](=O)[O-])C1=Nc1ccc(C)cc1. The Morgan fingerprint density at radius 3 is 2.42 bits per heavy atom. The molecule has 0 heterocycles. The number of nitro groups is 1. The lowest BCUT2D eigenvalue weighted by Crippen LogP contribution is -2.08. The standard InChI is InChI=1S/C18H14N2O4/c1-10-6-8-12(9-7-10)19-17-13-4-3-5-14(20(23)24)16(13)18(22)15(17)11(2)21/h3-9,22H,1-2H3. The summed E-state index contributed by atoms with van der Waals surface area (Å²) in [4.78, 5) is 27.1. The summed E-state index contributed by atoms with van der Waals surface area (Å²) < 4.78 is 0. The maximum atomic E-state index is 12.0. The highest BCUT2D eigenvalue weighted by molar-refractivity contribution is 6.36. The summed E-state index contributed by atoms with van der Waals surface area (Å²) in [7, 11) is 0. The average molecular weight is 322 g/mol. The maximum Gasteiger partial charge on any atom is 0.281 e. The number of aliphatic hydroxyl groups is 1. The molecule has 0 saturated carbocycles. The number of aliphatic hydroxyl groups excluding tert-OH is 1. The zero-order chi connectivity index (χ0) is 17.4. The minimum Gasteiger partial charge on any atom is -0.506 e. The van der Waals surface area contributed by atoms with Crippen LogP contribution in [0, 0.1) is 17.0 Å². The Bertz CT molecular complexity index is 925. The number of aliphatic imine (C=N–C) groups is 1. The molecule has 2 aromatic carbocycles. The fourth-order valence-corrected chi connectivity index (χ4v) is 2.71. The van der Waals surface area contributed by atoms with Crippen LogP contribution in [0.3, 0.4) is 0 Å². The van der Waals surface area contributed by atoms with Gasteiger partial charge in [-0.25, -0.2) is 4.99 Å². The number of hydrogen-bond acceptors (Lipinski definition) is 5. The molecule has 6 nitrogen and oxygen atoms in total. The number of allylic oxidation sites excluding steroid dienone is 1. The van der Waals surface area contributed by atoms with Crippen LogP contribution in [0.2, 0.25) is 0 Å². The number of carbonyl (C=O) groups excluding carboxylic acids is 1. The summed E-state index contributed by atoms with van der Waals surface area (Å²) in [6.07, 6.45) is 0. The first-order valence-corrected chi connectivity index (χ1v) is 7.28. The van der Waals surface area contributed by atoms with Gasteiger partial charge in [0.05, 0.1) is 21.9 Å². The largest absolute Gasteiger partial charge is 0.506 e. The number of nitro benzene ring substituents is 1. The number of Topliss-reactive ketones (excluding diaryl/α,β-unsaturated/α-hetero) is 1. The van der Waals surface area contributed by atoms with Crippen LogP contribution in [0.4, 0.5) is 11.4 Å². The molecule has 1 aliphatic carbocycles. The summed E-state index contributed by atoms with van der Waals surface area (Å²) in [6, 6.07) is 11.7. The molecule has 24 heavy (non-hydrogen) atoms. The number of rotatable bonds is 3. The summed E-state index contributed by atoms with van der Waals surface area (Å²) in [6.45, 7) is 3.24. The molecule has 120 valence electrons. The van der Waals surface area contributed by atoms with E-state index in [9.17, 15) is 20.0 Å². The normalized spacial score (nSPS) is 14.8. The van der Waals surface area contributed by atoms with E-state index in [1.807, 2.05) is 19.1 Å². The van der Waals surface area contributed by atoms with Crippen molar-refractivity contribution in [3.63, 3.8) is 0 Å². The fourth-order valence-electron chi connectivity index (χ4n) is 2.71. The first-order valence-electron chi connectivity index (χ1n) is 7.28. The Labute approximate surface area is 137 Å². The predicted molar refractivity (Wildman–Crippen MR) is 90.7 cm³/mol. The fraction of sp³-hybridized carbons (Fsp3) is 0.111. The van der Waals surface area contributed by atoms with Crippen molar-refractivity contribution in [3.8, 4) is 0 Å². The highest BCUT2D eigenvalue weighted by atomic mass is 16.6. The van der Waals surface area contributed by atoms with Crippen molar-refractivity contribution in [1.82, 2.24) is 0 Å². The van der Waals surface area contributed by atoms with Crippen LogP contribution in [-0.2, 0) is 4.79 Å². The molecule has 0 spiro atoms. The molecule has 2 aromatic rings. The van der Waals surface area contributed by atoms with E-state index in [0.717, 1.165) is 5.56 Å². The van der Waals surface area contributed by atoms with Gasteiger partial charge in [-0.1, -0.05) is 29.8 Å². The Morgan fingerprint density at radius 2 is 1.83 bits per heavy atom. The Balaban J connectivity index is 2.28. The van der Waals surface area contributed by atoms with Crippen LogP contribution < -0.4 is 0 Å². The van der Waals surface area contributed by atoms with Gasteiger partial charge in [0.2, 0.25) is 0 Å². The molecule has 0 radical (unpaired) electrons. The molecule has 0 bridgehead atoms. The summed E-state index contributed by atoms with van der Waals surface area (Å²) in [5.41, 5.74) is 2.08. The molecule has 3 rings (SSSR count). The van der Waals surface area contributed by atoms with Crippen molar-refractivity contribution in [2.75, 3.05) is 0 Å². The van der Waals surface area contributed by atoms with Crippen molar-refractivity contribution >= 4 is 28.6 Å². The van der Waals surface area contributed by atoms with Crippen molar-refractivity contribution in [1.29, 1.82) is 0 Å². The van der Waals surface area contributed by atoms with E-state index in [2.05, 4.69) is 4.99 Å². The van der Waals surface area contributed by atoms with Gasteiger partial charge in [0.15, 0.2) is 5.78 Å². The molecule has 1 N–H and O–H groups in total. The first kappa shape index (κ1) is 15.6. The number of carbonyl (C=O) groups is 1. The van der Waals surface area contributed by atoms with Crippen LogP contribution >= 0.6 is 0 Å². The van der Waals surface area contributed by atoms with E-state index in [-0.39, 0.29) is 22.5 Å². The van der Waals surface area contributed by atoms with Gasteiger partial charge >= 0.3 is 0 Å². The molecule has 1 aliphatic rings. The van der Waals surface area contributed by atoms with Gasteiger partial charge in [-0.15, -0.1) is 0 Å². The van der Waals surface area contributed by atoms with E-state index >= 15 is 0 Å². The molecule has 6 heteroatoms. The third-order valence-electron chi connectivity index (χ3n) is 3.83. The average Bonchev–Trinajstić information content (AvgIpc) is 2.82. The van der Waals surface area contributed by atoms with Crippen molar-refractivity contribution < 1.29 is 14.8 Å². The molecule has 0 aromatic heterocycles. The van der Waals surface area contributed by atoms with Gasteiger partial charge in [-0.3, -0.25) is 14.9 Å². The topological polar surface area (TPSA) is 92.8 Å². The van der Waals surface area contributed by atoms with E-state index in [1.165, 1.54) is 19.1 Å². The van der Waals surface area contributed by atoms with Crippen LogP contribution in [0.15, 0.2) is 53.0 Å². The quantitative estimate of drug-likeness (QED) is 0.685. The summed E-state index contributed by atoms with van der Waals surface area (Å²) in [5.74, 6) is -0.792. The molecule has 0 fully saturated rings. The van der Waals surface area contributed by atoms with E-state index < -0.39 is 16.5 Å². The molecule has 0 saturated heterocycles. The second-order valence-corrected chi connectivity index (χ2v) is 5.53. The lowest BCUT2D eigenvalue weighted by Gasteiger charge is -2.04. The monoisotopic (exact) mass is 322 g/mol. The van der Waals surface area contributed by atoms with Gasteiger partial charge in [-0.2, -0.15) is 0 Å². The first-order chi connectivity index (χ1) is 11.4. The summed E-state index contributed by atoms with van der Waals surface area (Å²) >= 11 is 0. The Morgan fingerprint density at radius 1 is 1.17 bits per heavy atom. The van der Waals surface area contributed by atoms with Crippen molar-refractivity contribution in [2.45, 2.75) is 13.8 Å². The molecule has 0 aliphatic heterocycles. The van der Waals surface area contributed by atoms with Crippen LogP contribution in [-0.4, -0.2) is 21.5 Å². The second-order valence-electron chi connectivity index (χ2n) is 5.53. The second kappa shape index (κ2) is 5.73. The zero-order valence-electron chi connectivity index (χ0n) is 13.1. The maximum absolute atomic E-state index is 12.0. The lowest BCUT2D eigenvalue weighted by molar-refractivity contribution is -0.385. The third kappa shape index (κ3) is 2.48. The summed E-state index contributed by atoms with van der Waals surface area (Å²) in [5, 5.41) is 21.6. The van der Waals surface area contributed by atoms with E-state index in [4.69, 9.17) is 0 Å². The van der Waals surface area contributed by atoms with Gasteiger partial charge in [0.25, 0.3) is 5.69 Å². The molecule has 0 atom stereocenters. The van der Waals surface area contributed by atoms with Crippen LogP contribution in [0.5, 0.6) is 0 Å². The lowest BCUT2D eigenvalue weighted by atomic mass is 10.0. The van der Waals surface area contributed by atoms with Gasteiger partial charge in [-0.05, 0) is 26.0 Å². The van der Waals surface area contributed by atoms with Gasteiger partial charge in [0.1, 0.15) is 11.3 Å². The molecule has 0 amide bonds. The molecule has 0 unspecified atom stereocenters. The minimum absolute atomic E-state index is 0.000116. The number of nitrogens with zero attached hydrogens (tertiary/aromatic N) is 2. The van der Waals surface area contributed by atoms with Crippen LogP contribution in [0.1, 0.15) is 23.6 Å². The predicted octanol–water partition coefficient (Wildman–Crippen LogP) is 3.90. The zero-order valence-corrected chi connectivity index (χ0v) is 13.1. The number of aryl methyl sites for hydroxylation is 1. The van der Waals surface area contributed by atoms with E-state index in [0.29, 0.717) is 11.3 Å². The van der Waals surface area contributed by atoms with Gasteiger partial charge < -0.3 is 5.11 Å². The number of ketones is 1. The molecular weight excluding hydrogens is 308 g/mol. The highest BCUT2D eigenvalue weighted by Crippen LogP contribution is 2.39. The smallest absolute Gasteiger partial charge is 0.281 e. The number of hydrogen-bond donors (Lipinski definition) is 1. The Hall–Kier alpha value is -3.28. The van der Waals surface area contributed by atoms with Crippen molar-refractivity contribution in [3.05, 3.63) is 74.8 Å². The van der Waals surface area contributed by atoms with Gasteiger partial charge in [0, 0.05) is 11.6 Å². The number of fused-ring (bicyclic) bond motifs is 1. The Kier molecular flexibility index (Phi) is 3.73. The number of benzene rings is 2. The molecular formula is C18H14N2O4. The highest BCUT2D eigenvalue weighted by Gasteiger charge is 2.36. The third-order valence-corrected chi connectivity index (χ3v) is 3.83. The minimum atomic E-state index is -0.582. The van der Waals surface area contributed by atoms with E-state index in [1.54, 1.807) is 18.2 Å². The van der Waals surface area contributed by atoms with Crippen molar-refractivity contribution in [2.24, 2.45) is 4.99 Å².